The van der Waals surface area contributed by atoms with Crippen molar-refractivity contribution >= 4 is 73.9 Å². The maximum atomic E-state index is 13.1. The van der Waals surface area contributed by atoms with E-state index < -0.39 is 0 Å². The number of pyridine rings is 1. The first-order chi connectivity index (χ1) is 15.0. The predicted octanol–water partition coefficient (Wildman–Crippen LogP) is 5.38. The van der Waals surface area contributed by atoms with E-state index in [2.05, 4.69) is 20.5 Å². The number of para-hydroxylation sites is 1. The second-order valence-corrected chi connectivity index (χ2v) is 10.0. The monoisotopic (exact) mass is 490 g/mol. The van der Waals surface area contributed by atoms with Crippen LogP contribution >= 0.6 is 46.0 Å². The first kappa shape index (κ1) is 21.7. The summed E-state index contributed by atoms with van der Waals surface area (Å²) in [6, 6.07) is 12.9. The van der Waals surface area contributed by atoms with E-state index >= 15 is 0 Å². The van der Waals surface area contributed by atoms with Crippen molar-refractivity contribution in [1.82, 2.24) is 15.2 Å². The normalized spacial score (nSPS) is 10.9. The van der Waals surface area contributed by atoms with E-state index in [1.165, 1.54) is 34.4 Å². The topological polar surface area (TPSA) is 94.1 Å². The average Bonchev–Trinajstić information content (AvgIpc) is 3.40. The SMILES string of the molecule is CCOC(=O)CSc1nnc(NC(=O)c2cc(-c3ccc(Cl)s3)nc3ccccc23)s1. The highest BCUT2D eigenvalue weighted by Crippen LogP contribution is 2.33. The van der Waals surface area contributed by atoms with Crippen LogP contribution in [0.5, 0.6) is 0 Å². The van der Waals surface area contributed by atoms with Crippen molar-refractivity contribution in [3.05, 3.63) is 52.4 Å². The summed E-state index contributed by atoms with van der Waals surface area (Å²) in [5.74, 6) is -0.503. The van der Waals surface area contributed by atoms with Crippen molar-refractivity contribution in [3.8, 4) is 10.6 Å². The van der Waals surface area contributed by atoms with Gasteiger partial charge in [-0.1, -0.05) is 52.9 Å². The third-order valence-electron chi connectivity index (χ3n) is 4.03. The average molecular weight is 491 g/mol. The van der Waals surface area contributed by atoms with Crippen LogP contribution in [-0.2, 0) is 9.53 Å². The van der Waals surface area contributed by atoms with E-state index in [1.807, 2.05) is 30.3 Å². The minimum absolute atomic E-state index is 0.137. The maximum absolute atomic E-state index is 13.1. The van der Waals surface area contributed by atoms with Crippen LogP contribution in [-0.4, -0.2) is 39.4 Å². The summed E-state index contributed by atoms with van der Waals surface area (Å²) in [7, 11) is 0. The number of carbonyl (C=O) groups excluding carboxylic acids is 2. The van der Waals surface area contributed by atoms with Crippen LogP contribution in [0.4, 0.5) is 5.13 Å². The number of esters is 1. The molecule has 0 atom stereocenters. The summed E-state index contributed by atoms with van der Waals surface area (Å²) in [5, 5.41) is 11.9. The highest BCUT2D eigenvalue weighted by molar-refractivity contribution is 8.01. The van der Waals surface area contributed by atoms with Gasteiger partial charge in [0, 0.05) is 5.39 Å². The quantitative estimate of drug-likeness (QED) is 0.211. The van der Waals surface area contributed by atoms with Gasteiger partial charge in [0.2, 0.25) is 5.13 Å². The van der Waals surface area contributed by atoms with Crippen LogP contribution in [0.3, 0.4) is 0 Å². The van der Waals surface area contributed by atoms with Crippen LogP contribution in [0.2, 0.25) is 4.34 Å². The number of aromatic nitrogens is 3. The molecule has 3 heterocycles. The Morgan fingerprint density at radius 1 is 1.16 bits per heavy atom. The molecule has 0 spiro atoms. The van der Waals surface area contributed by atoms with E-state index in [9.17, 15) is 9.59 Å². The summed E-state index contributed by atoms with van der Waals surface area (Å²) in [5.41, 5.74) is 1.85. The molecule has 0 saturated carbocycles. The Hall–Kier alpha value is -2.53. The van der Waals surface area contributed by atoms with Gasteiger partial charge < -0.3 is 4.74 Å². The number of benzene rings is 1. The maximum Gasteiger partial charge on any atom is 0.316 e. The molecule has 0 fully saturated rings. The van der Waals surface area contributed by atoms with Crippen molar-refractivity contribution in [3.63, 3.8) is 0 Å². The second-order valence-electron chi connectivity index (χ2n) is 6.10. The number of rotatable bonds is 7. The first-order valence-electron chi connectivity index (χ1n) is 9.12. The zero-order valence-electron chi connectivity index (χ0n) is 16.1. The molecule has 158 valence electrons. The lowest BCUT2D eigenvalue weighted by Gasteiger charge is -2.08. The largest absolute Gasteiger partial charge is 0.465 e. The molecule has 11 heteroatoms. The lowest BCUT2D eigenvalue weighted by atomic mass is 10.1. The lowest BCUT2D eigenvalue weighted by Crippen LogP contribution is -2.13. The van der Waals surface area contributed by atoms with Gasteiger partial charge in [0.25, 0.3) is 5.91 Å². The Morgan fingerprint density at radius 2 is 2.00 bits per heavy atom. The van der Waals surface area contributed by atoms with Gasteiger partial charge in [0.1, 0.15) is 0 Å². The number of amides is 1. The number of carbonyl (C=O) groups is 2. The molecular formula is C20H15ClN4O3S3. The van der Waals surface area contributed by atoms with Crippen LogP contribution in [0.1, 0.15) is 17.3 Å². The third-order valence-corrected chi connectivity index (χ3v) is 7.23. The van der Waals surface area contributed by atoms with Crippen molar-refractivity contribution in [2.24, 2.45) is 0 Å². The highest BCUT2D eigenvalue weighted by Gasteiger charge is 2.17. The summed E-state index contributed by atoms with van der Waals surface area (Å²) in [6.07, 6.45) is 0. The van der Waals surface area contributed by atoms with E-state index in [0.29, 0.717) is 37.2 Å². The highest BCUT2D eigenvalue weighted by atomic mass is 35.5. The fraction of sp³-hybridized carbons (Fsp3) is 0.150. The number of halogens is 1. The molecule has 3 aromatic heterocycles. The fourth-order valence-corrected chi connectivity index (χ4v) is 5.30. The van der Waals surface area contributed by atoms with Gasteiger partial charge in [0.15, 0.2) is 4.34 Å². The molecule has 4 rings (SSSR count). The molecule has 0 saturated heterocycles. The number of nitrogens with zero attached hydrogens (tertiary/aromatic N) is 3. The fourth-order valence-electron chi connectivity index (χ4n) is 2.75. The lowest BCUT2D eigenvalue weighted by molar-refractivity contribution is -0.139. The van der Waals surface area contributed by atoms with Crippen LogP contribution in [0.15, 0.2) is 46.8 Å². The number of fused-ring (bicyclic) bond motifs is 1. The molecule has 4 aromatic rings. The second kappa shape index (κ2) is 9.73. The van der Waals surface area contributed by atoms with Gasteiger partial charge in [-0.25, -0.2) is 4.98 Å². The number of nitrogens with one attached hydrogen (secondary N) is 1. The molecule has 7 nitrogen and oxygen atoms in total. The molecular weight excluding hydrogens is 476 g/mol. The summed E-state index contributed by atoms with van der Waals surface area (Å²) < 4.78 is 6.11. The third kappa shape index (κ3) is 5.21. The summed E-state index contributed by atoms with van der Waals surface area (Å²) in [6.45, 7) is 2.08. The number of ether oxygens (including phenoxy) is 1. The van der Waals surface area contributed by atoms with Gasteiger partial charge in [-0.2, -0.15) is 0 Å². The summed E-state index contributed by atoms with van der Waals surface area (Å²) in [4.78, 5) is 30.1. The molecule has 0 bridgehead atoms. The molecule has 0 aliphatic carbocycles. The standard InChI is InChI=1S/C20H15ClN4O3S3/c1-2-28-17(26)10-29-20-25-24-19(31-20)23-18(27)12-9-14(15-7-8-16(21)30-15)22-13-6-4-3-5-11(12)13/h3-9H,2,10H2,1H3,(H,23,24,27). The zero-order valence-corrected chi connectivity index (χ0v) is 19.3. The Kier molecular flexibility index (Phi) is 6.81. The van der Waals surface area contributed by atoms with Crippen molar-refractivity contribution < 1.29 is 14.3 Å². The van der Waals surface area contributed by atoms with E-state index in [4.69, 9.17) is 16.3 Å². The minimum Gasteiger partial charge on any atom is -0.465 e. The summed E-state index contributed by atoms with van der Waals surface area (Å²) >= 11 is 9.88. The van der Waals surface area contributed by atoms with Gasteiger partial charge >= 0.3 is 5.97 Å². The number of hydrogen-bond donors (Lipinski definition) is 1. The Balaban J connectivity index is 1.57. The van der Waals surface area contributed by atoms with E-state index in [0.717, 1.165) is 10.3 Å². The molecule has 1 aromatic carbocycles. The Labute approximate surface area is 194 Å². The molecule has 0 aliphatic rings. The van der Waals surface area contributed by atoms with Crippen molar-refractivity contribution in [2.45, 2.75) is 11.3 Å². The number of thioether (sulfide) groups is 1. The van der Waals surface area contributed by atoms with Crippen LogP contribution in [0.25, 0.3) is 21.5 Å². The van der Waals surface area contributed by atoms with E-state index in [1.54, 1.807) is 19.1 Å². The van der Waals surface area contributed by atoms with Gasteiger partial charge in [-0.05, 0) is 31.2 Å². The number of hydrogen-bond acceptors (Lipinski definition) is 9. The predicted molar refractivity (Wildman–Crippen MR) is 125 cm³/mol. The smallest absolute Gasteiger partial charge is 0.316 e. The molecule has 1 N–H and O–H groups in total. The molecule has 0 aliphatic heterocycles. The number of anilines is 1. The van der Waals surface area contributed by atoms with Gasteiger partial charge in [0.05, 0.1) is 38.3 Å². The van der Waals surface area contributed by atoms with Crippen molar-refractivity contribution in [1.29, 1.82) is 0 Å². The first-order valence-corrected chi connectivity index (χ1v) is 12.1. The molecule has 0 radical (unpaired) electrons. The zero-order chi connectivity index (χ0) is 21.8. The number of thiophene rings is 1. The van der Waals surface area contributed by atoms with Crippen LogP contribution < -0.4 is 5.32 Å². The Morgan fingerprint density at radius 3 is 2.77 bits per heavy atom. The van der Waals surface area contributed by atoms with Gasteiger partial charge in [-0.15, -0.1) is 21.5 Å². The van der Waals surface area contributed by atoms with Gasteiger partial charge in [-0.3, -0.25) is 14.9 Å². The minimum atomic E-state index is -0.322. The molecule has 1 amide bonds. The van der Waals surface area contributed by atoms with E-state index in [-0.39, 0.29) is 17.6 Å². The Bertz CT molecular complexity index is 1260. The molecule has 0 unspecified atom stereocenters. The molecule has 31 heavy (non-hydrogen) atoms. The van der Waals surface area contributed by atoms with Crippen LogP contribution in [0, 0.1) is 0 Å². The van der Waals surface area contributed by atoms with Crippen molar-refractivity contribution in [2.75, 3.05) is 17.7 Å².